The second-order valence-electron chi connectivity index (χ2n) is 4.64. The Bertz CT molecular complexity index is 937. The Morgan fingerprint density at radius 2 is 1.74 bits per heavy atom. The lowest BCUT2D eigenvalue weighted by molar-refractivity contribution is 1.27. The lowest BCUT2D eigenvalue weighted by Gasteiger charge is -2.02. The summed E-state index contributed by atoms with van der Waals surface area (Å²) in [7, 11) is 0. The summed E-state index contributed by atoms with van der Waals surface area (Å²) in [5.41, 5.74) is 2.62. The molecular weight excluding hydrogens is 236 g/mol. The van der Waals surface area contributed by atoms with Crippen LogP contribution in [-0.4, -0.2) is 4.40 Å². The predicted molar refractivity (Wildman–Crippen MR) is 77.9 cm³/mol. The first-order chi connectivity index (χ1) is 9.36. The van der Waals surface area contributed by atoms with E-state index < -0.39 is 0 Å². The molecule has 0 saturated carbocycles. The van der Waals surface area contributed by atoms with Gasteiger partial charge in [-0.1, -0.05) is 30.3 Å². The van der Waals surface area contributed by atoms with Crippen molar-refractivity contribution in [2.45, 2.75) is 0 Å². The van der Waals surface area contributed by atoms with Crippen LogP contribution >= 0.6 is 0 Å². The molecule has 2 aromatic heterocycles. The van der Waals surface area contributed by atoms with Crippen LogP contribution in [0.15, 0.2) is 66.0 Å². The van der Waals surface area contributed by atoms with E-state index in [1.54, 1.807) is 6.07 Å². The Kier molecular flexibility index (Phi) is 1.97. The number of aromatic nitrogens is 1. The van der Waals surface area contributed by atoms with Crippen LogP contribution in [0, 0.1) is 4.91 Å². The summed E-state index contributed by atoms with van der Waals surface area (Å²) in [5.74, 6) is 0. The fraction of sp³-hybridized carbons (Fsp3) is 0. The van der Waals surface area contributed by atoms with Crippen LogP contribution in [0.5, 0.6) is 0 Å². The van der Waals surface area contributed by atoms with Gasteiger partial charge < -0.3 is 4.40 Å². The van der Waals surface area contributed by atoms with Crippen LogP contribution in [0.2, 0.25) is 0 Å². The smallest absolute Gasteiger partial charge is 0.110 e. The number of hydrogen-bond acceptors (Lipinski definition) is 2. The van der Waals surface area contributed by atoms with Gasteiger partial charge in [-0.3, -0.25) is 0 Å². The van der Waals surface area contributed by atoms with Gasteiger partial charge in [0.25, 0.3) is 0 Å². The van der Waals surface area contributed by atoms with Gasteiger partial charge >= 0.3 is 0 Å². The molecule has 4 aromatic rings. The zero-order valence-corrected chi connectivity index (χ0v) is 10.1. The van der Waals surface area contributed by atoms with Crippen molar-refractivity contribution >= 4 is 32.9 Å². The van der Waals surface area contributed by atoms with Crippen molar-refractivity contribution in [3.63, 3.8) is 0 Å². The lowest BCUT2D eigenvalue weighted by atomic mass is 10.1. The topological polar surface area (TPSA) is 33.8 Å². The van der Waals surface area contributed by atoms with Gasteiger partial charge in [-0.15, -0.1) is 4.91 Å². The molecule has 2 aromatic carbocycles. The van der Waals surface area contributed by atoms with E-state index in [4.69, 9.17) is 0 Å². The summed E-state index contributed by atoms with van der Waals surface area (Å²) >= 11 is 0. The number of benzene rings is 2. The van der Waals surface area contributed by atoms with E-state index in [0.717, 1.165) is 16.4 Å². The van der Waals surface area contributed by atoms with Crippen LogP contribution in [0.4, 0.5) is 5.69 Å². The predicted octanol–water partition coefficient (Wildman–Crippen LogP) is 4.64. The highest BCUT2D eigenvalue weighted by Gasteiger charge is 2.06. The third-order valence-electron chi connectivity index (χ3n) is 3.57. The van der Waals surface area contributed by atoms with E-state index in [1.165, 1.54) is 10.8 Å². The molecule has 2 heterocycles. The molecule has 0 radical (unpaired) electrons. The molecule has 0 atom stereocenters. The molecule has 19 heavy (non-hydrogen) atoms. The minimum Gasteiger partial charge on any atom is -0.316 e. The molecule has 0 aliphatic carbocycles. The Morgan fingerprint density at radius 1 is 0.842 bits per heavy atom. The number of hydrogen-bond donors (Lipinski definition) is 0. The molecule has 0 aliphatic rings. The quantitative estimate of drug-likeness (QED) is 0.450. The number of fused-ring (bicyclic) bond motifs is 5. The number of nitrogens with zero attached hydrogens (tertiary/aromatic N) is 2. The standard InChI is InChI=1S/C16H10N2O/c19-17-13-6-5-12-9-16-14-4-2-1-3-11(14)7-8-18(16)15(12)10-13/h1-10H. The SMILES string of the molecule is O=Nc1ccc2cc3c4ccccc4ccn3c2c1. The van der Waals surface area contributed by atoms with Crippen molar-refractivity contribution in [2.24, 2.45) is 5.18 Å². The summed E-state index contributed by atoms with van der Waals surface area (Å²) in [6.07, 6.45) is 2.04. The minimum absolute atomic E-state index is 0.459. The van der Waals surface area contributed by atoms with Gasteiger partial charge in [0.15, 0.2) is 0 Å². The minimum atomic E-state index is 0.459. The highest BCUT2D eigenvalue weighted by molar-refractivity contribution is 6.02. The monoisotopic (exact) mass is 246 g/mol. The van der Waals surface area contributed by atoms with Crippen molar-refractivity contribution in [1.82, 2.24) is 4.40 Å². The molecule has 4 rings (SSSR count). The van der Waals surface area contributed by atoms with Crippen molar-refractivity contribution in [2.75, 3.05) is 0 Å². The largest absolute Gasteiger partial charge is 0.316 e. The maximum absolute atomic E-state index is 10.7. The molecule has 0 saturated heterocycles. The summed E-state index contributed by atoms with van der Waals surface area (Å²) in [6, 6.07) is 18.0. The van der Waals surface area contributed by atoms with Crippen molar-refractivity contribution in [3.8, 4) is 0 Å². The molecule has 0 aliphatic heterocycles. The fourth-order valence-electron chi connectivity index (χ4n) is 2.66. The Labute approximate surface area is 109 Å². The molecule has 3 heteroatoms. The molecule has 0 fully saturated rings. The highest BCUT2D eigenvalue weighted by atomic mass is 16.3. The van der Waals surface area contributed by atoms with Crippen molar-refractivity contribution < 1.29 is 0 Å². The van der Waals surface area contributed by atoms with E-state index in [2.05, 4.69) is 33.8 Å². The van der Waals surface area contributed by atoms with Gasteiger partial charge in [-0.05, 0) is 34.8 Å². The fourth-order valence-corrected chi connectivity index (χ4v) is 2.66. The van der Waals surface area contributed by atoms with Crippen LogP contribution in [0.25, 0.3) is 27.2 Å². The molecule has 0 unspecified atom stereocenters. The third-order valence-corrected chi connectivity index (χ3v) is 3.57. The second-order valence-corrected chi connectivity index (χ2v) is 4.64. The zero-order chi connectivity index (χ0) is 12.8. The molecule has 0 bridgehead atoms. The zero-order valence-electron chi connectivity index (χ0n) is 10.1. The normalized spacial score (nSPS) is 11.4. The summed E-state index contributed by atoms with van der Waals surface area (Å²) in [5, 5.41) is 6.55. The van der Waals surface area contributed by atoms with E-state index in [1.807, 2.05) is 30.5 Å². The maximum Gasteiger partial charge on any atom is 0.110 e. The number of rotatable bonds is 1. The van der Waals surface area contributed by atoms with Gasteiger partial charge in [0.2, 0.25) is 0 Å². The van der Waals surface area contributed by atoms with Gasteiger partial charge in [-0.25, -0.2) is 0 Å². The van der Waals surface area contributed by atoms with Crippen LogP contribution in [-0.2, 0) is 0 Å². The summed E-state index contributed by atoms with van der Waals surface area (Å²) < 4.78 is 2.10. The van der Waals surface area contributed by atoms with E-state index in [-0.39, 0.29) is 0 Å². The second kappa shape index (κ2) is 3.65. The van der Waals surface area contributed by atoms with E-state index in [0.29, 0.717) is 5.69 Å². The Hall–Kier alpha value is -2.68. The van der Waals surface area contributed by atoms with Crippen molar-refractivity contribution in [1.29, 1.82) is 0 Å². The lowest BCUT2D eigenvalue weighted by Crippen LogP contribution is -1.84. The Morgan fingerprint density at radius 3 is 2.63 bits per heavy atom. The van der Waals surface area contributed by atoms with Gasteiger partial charge in [-0.2, -0.15) is 0 Å². The van der Waals surface area contributed by atoms with Gasteiger partial charge in [0.05, 0.1) is 11.0 Å². The first-order valence-electron chi connectivity index (χ1n) is 6.13. The summed E-state index contributed by atoms with van der Waals surface area (Å²) in [6.45, 7) is 0. The van der Waals surface area contributed by atoms with Gasteiger partial charge in [0, 0.05) is 17.0 Å². The highest BCUT2D eigenvalue weighted by Crippen LogP contribution is 2.29. The maximum atomic E-state index is 10.7. The number of nitroso groups, excluding NO2 is 1. The molecule has 0 spiro atoms. The first kappa shape index (κ1) is 10.3. The van der Waals surface area contributed by atoms with Crippen LogP contribution < -0.4 is 0 Å². The molecule has 90 valence electrons. The van der Waals surface area contributed by atoms with Crippen LogP contribution in [0.3, 0.4) is 0 Å². The average molecular weight is 246 g/mol. The summed E-state index contributed by atoms with van der Waals surface area (Å²) in [4.78, 5) is 10.7. The number of pyridine rings is 1. The Balaban J connectivity index is 2.24. The van der Waals surface area contributed by atoms with Crippen molar-refractivity contribution in [3.05, 3.63) is 65.7 Å². The molecular formula is C16H10N2O. The molecule has 0 N–H and O–H groups in total. The van der Waals surface area contributed by atoms with Gasteiger partial charge in [0.1, 0.15) is 5.69 Å². The average Bonchev–Trinajstić information content (AvgIpc) is 2.85. The third kappa shape index (κ3) is 1.38. The van der Waals surface area contributed by atoms with Crippen LogP contribution in [0.1, 0.15) is 0 Å². The van der Waals surface area contributed by atoms with E-state index in [9.17, 15) is 4.91 Å². The first-order valence-corrected chi connectivity index (χ1v) is 6.13. The molecule has 3 nitrogen and oxygen atoms in total. The van der Waals surface area contributed by atoms with E-state index >= 15 is 0 Å². The molecule has 0 amide bonds.